The summed E-state index contributed by atoms with van der Waals surface area (Å²) in [4.78, 5) is 4.18. The molecule has 0 aromatic carbocycles. The van der Waals surface area contributed by atoms with Gasteiger partial charge in [-0.25, -0.2) is 0 Å². The van der Waals surface area contributed by atoms with Crippen molar-refractivity contribution in [1.29, 1.82) is 0 Å². The molecule has 0 aromatic rings. The summed E-state index contributed by atoms with van der Waals surface area (Å²) in [5.74, 6) is 2.20. The third-order valence-corrected chi connectivity index (χ3v) is 3.77. The fourth-order valence-electron chi connectivity index (χ4n) is 1.94. The summed E-state index contributed by atoms with van der Waals surface area (Å²) >= 11 is 1.88. The maximum atomic E-state index is 4.18. The van der Waals surface area contributed by atoms with E-state index in [4.69, 9.17) is 0 Å². The number of aliphatic imine (C=N–C) groups is 1. The number of thioether (sulfide) groups is 1. The van der Waals surface area contributed by atoms with E-state index >= 15 is 0 Å². The van der Waals surface area contributed by atoms with Crippen LogP contribution in [0.5, 0.6) is 0 Å². The van der Waals surface area contributed by atoms with Crippen LogP contribution in [0.25, 0.3) is 0 Å². The van der Waals surface area contributed by atoms with E-state index in [1.165, 1.54) is 25.0 Å². The molecular formula is C8H14N2S. The quantitative estimate of drug-likeness (QED) is 0.595. The summed E-state index contributed by atoms with van der Waals surface area (Å²) in [5, 5.41) is 4.62. The molecule has 2 rings (SSSR count). The van der Waals surface area contributed by atoms with Crippen LogP contribution in [0.4, 0.5) is 0 Å². The topological polar surface area (TPSA) is 24.4 Å². The highest BCUT2D eigenvalue weighted by atomic mass is 32.2. The van der Waals surface area contributed by atoms with E-state index < -0.39 is 0 Å². The number of fused-ring (bicyclic) bond motifs is 1. The lowest BCUT2D eigenvalue weighted by atomic mass is 10.1. The van der Waals surface area contributed by atoms with E-state index in [-0.39, 0.29) is 0 Å². The predicted octanol–water partition coefficient (Wildman–Crippen LogP) is 1.48. The van der Waals surface area contributed by atoms with E-state index in [0.717, 1.165) is 17.1 Å². The number of nitrogens with zero attached hydrogens (tertiary/aromatic N) is 1. The van der Waals surface area contributed by atoms with Gasteiger partial charge in [-0.15, -0.1) is 0 Å². The van der Waals surface area contributed by atoms with Gasteiger partial charge in [0.2, 0.25) is 0 Å². The minimum Gasteiger partial charge on any atom is -0.362 e. The first-order valence-electron chi connectivity index (χ1n) is 4.26. The smallest absolute Gasteiger partial charge is 0.156 e. The van der Waals surface area contributed by atoms with Crippen LogP contribution in [0.3, 0.4) is 0 Å². The third-order valence-electron chi connectivity index (χ3n) is 2.61. The molecule has 1 saturated heterocycles. The molecule has 1 saturated carbocycles. The zero-order valence-corrected chi connectivity index (χ0v) is 7.66. The molecule has 1 N–H and O–H groups in total. The Labute approximate surface area is 71.9 Å². The highest BCUT2D eigenvalue weighted by molar-refractivity contribution is 8.13. The largest absolute Gasteiger partial charge is 0.362 e. The molecule has 1 heterocycles. The molecule has 0 bridgehead atoms. The lowest BCUT2D eigenvalue weighted by Gasteiger charge is -2.27. The highest BCUT2D eigenvalue weighted by Gasteiger charge is 2.31. The number of hydrogen-bond acceptors (Lipinski definition) is 2. The number of nitrogens with one attached hydrogen (secondary N) is 1. The second kappa shape index (κ2) is 3.05. The number of hydrogen-bond donors (Lipinski definition) is 1. The van der Waals surface area contributed by atoms with Gasteiger partial charge in [0.05, 0.1) is 0 Å². The van der Waals surface area contributed by atoms with Crippen LogP contribution >= 0.6 is 11.8 Å². The molecule has 11 heavy (non-hydrogen) atoms. The molecule has 0 radical (unpaired) electrons. The van der Waals surface area contributed by atoms with Gasteiger partial charge in [-0.1, -0.05) is 18.2 Å². The van der Waals surface area contributed by atoms with Gasteiger partial charge in [-0.3, -0.25) is 4.99 Å². The van der Waals surface area contributed by atoms with Crippen LogP contribution in [0.1, 0.15) is 19.3 Å². The van der Waals surface area contributed by atoms with Crippen molar-refractivity contribution < 1.29 is 0 Å². The lowest BCUT2D eigenvalue weighted by Crippen LogP contribution is -2.41. The summed E-state index contributed by atoms with van der Waals surface area (Å²) in [5.41, 5.74) is 0. The van der Waals surface area contributed by atoms with Gasteiger partial charge in [-0.05, 0) is 18.8 Å². The van der Waals surface area contributed by atoms with Gasteiger partial charge in [0, 0.05) is 18.8 Å². The van der Waals surface area contributed by atoms with Crippen molar-refractivity contribution in [1.82, 2.24) is 5.32 Å². The second-order valence-electron chi connectivity index (χ2n) is 3.28. The first kappa shape index (κ1) is 7.47. The molecule has 1 aliphatic carbocycles. The molecule has 2 nitrogen and oxygen atoms in total. The van der Waals surface area contributed by atoms with Crippen LogP contribution in [0.2, 0.25) is 0 Å². The van der Waals surface area contributed by atoms with E-state index in [9.17, 15) is 0 Å². The van der Waals surface area contributed by atoms with E-state index in [2.05, 4.69) is 10.3 Å². The molecule has 2 fully saturated rings. The zero-order chi connectivity index (χ0) is 7.68. The summed E-state index contributed by atoms with van der Waals surface area (Å²) in [6.45, 7) is 0. The van der Waals surface area contributed by atoms with Crippen LogP contribution in [-0.4, -0.2) is 24.0 Å². The first-order chi connectivity index (χ1) is 5.40. The van der Waals surface area contributed by atoms with E-state index in [1.54, 1.807) is 0 Å². The maximum Gasteiger partial charge on any atom is 0.156 e. The summed E-state index contributed by atoms with van der Waals surface area (Å²) < 4.78 is 0. The molecule has 2 aliphatic rings. The Morgan fingerprint density at radius 3 is 3.27 bits per heavy atom. The molecule has 2 unspecified atom stereocenters. The number of amidine groups is 1. The van der Waals surface area contributed by atoms with E-state index in [1.807, 2.05) is 18.8 Å². The average Bonchev–Trinajstić information content (AvgIpc) is 2.50. The van der Waals surface area contributed by atoms with Gasteiger partial charge in [-0.2, -0.15) is 0 Å². The van der Waals surface area contributed by atoms with Crippen LogP contribution in [0.15, 0.2) is 4.99 Å². The monoisotopic (exact) mass is 170 g/mol. The Bertz CT molecular complexity index is 179. The first-order valence-corrected chi connectivity index (χ1v) is 5.25. The summed E-state index contributed by atoms with van der Waals surface area (Å²) in [6, 6.07) is 0.745. The normalized spacial score (nSPS) is 40.3. The molecule has 0 amide bonds. The van der Waals surface area contributed by atoms with E-state index in [0.29, 0.717) is 0 Å². The SMILES string of the molecule is CN=C1NC2CCCC2CS1. The zero-order valence-electron chi connectivity index (χ0n) is 6.84. The van der Waals surface area contributed by atoms with Gasteiger partial charge in [0.15, 0.2) is 5.17 Å². The molecule has 0 spiro atoms. The highest BCUT2D eigenvalue weighted by Crippen LogP contribution is 2.32. The van der Waals surface area contributed by atoms with Crippen molar-refractivity contribution in [2.45, 2.75) is 25.3 Å². The second-order valence-corrected chi connectivity index (χ2v) is 4.29. The lowest BCUT2D eigenvalue weighted by molar-refractivity contribution is 0.490. The Morgan fingerprint density at radius 2 is 2.45 bits per heavy atom. The summed E-state index contributed by atoms with van der Waals surface area (Å²) in [7, 11) is 1.87. The standard InChI is InChI=1S/C8H14N2S/c1-9-8-10-7-4-2-3-6(7)5-11-8/h6-7H,2-5H2,1H3,(H,9,10). The Morgan fingerprint density at radius 1 is 1.55 bits per heavy atom. The fraction of sp³-hybridized carbons (Fsp3) is 0.875. The van der Waals surface area contributed by atoms with Gasteiger partial charge < -0.3 is 5.32 Å². The predicted molar refractivity (Wildman–Crippen MR) is 50.1 cm³/mol. The molecule has 1 aliphatic heterocycles. The Hall–Kier alpha value is -0.180. The molecule has 3 heteroatoms. The Kier molecular flexibility index (Phi) is 2.07. The summed E-state index contributed by atoms with van der Waals surface area (Å²) in [6.07, 6.45) is 4.17. The van der Waals surface area contributed by atoms with Crippen molar-refractivity contribution in [3.63, 3.8) is 0 Å². The van der Waals surface area contributed by atoms with Crippen LogP contribution in [-0.2, 0) is 0 Å². The van der Waals surface area contributed by atoms with Crippen molar-refractivity contribution >= 4 is 16.9 Å². The van der Waals surface area contributed by atoms with Crippen LogP contribution in [0, 0.1) is 5.92 Å². The van der Waals surface area contributed by atoms with Gasteiger partial charge in [0.25, 0.3) is 0 Å². The molecular weight excluding hydrogens is 156 g/mol. The molecule has 62 valence electrons. The minimum atomic E-state index is 0.745. The van der Waals surface area contributed by atoms with Crippen LogP contribution < -0.4 is 5.32 Å². The van der Waals surface area contributed by atoms with Crippen molar-refractivity contribution in [2.24, 2.45) is 10.9 Å². The Balaban J connectivity index is 2.02. The minimum absolute atomic E-state index is 0.745. The van der Waals surface area contributed by atoms with Gasteiger partial charge >= 0.3 is 0 Å². The molecule has 2 atom stereocenters. The van der Waals surface area contributed by atoms with Crippen molar-refractivity contribution in [3.05, 3.63) is 0 Å². The number of rotatable bonds is 0. The average molecular weight is 170 g/mol. The third kappa shape index (κ3) is 1.39. The maximum absolute atomic E-state index is 4.18. The molecule has 0 aromatic heterocycles. The van der Waals surface area contributed by atoms with Crippen molar-refractivity contribution in [3.8, 4) is 0 Å². The fourth-order valence-corrected chi connectivity index (χ4v) is 3.08. The van der Waals surface area contributed by atoms with Crippen molar-refractivity contribution in [2.75, 3.05) is 12.8 Å². The van der Waals surface area contributed by atoms with Gasteiger partial charge in [0.1, 0.15) is 0 Å².